The van der Waals surface area contributed by atoms with E-state index in [1.165, 1.54) is 37.7 Å². The molecular weight excluding hydrogens is 372 g/mol. The predicted molar refractivity (Wildman–Crippen MR) is 118 cm³/mol. The molecule has 0 N–H and O–H groups in total. The van der Waals surface area contributed by atoms with Crippen molar-refractivity contribution in [3.8, 4) is 23.5 Å². The molecule has 30 heavy (non-hydrogen) atoms. The highest BCUT2D eigenvalue weighted by molar-refractivity contribution is 5.40. The van der Waals surface area contributed by atoms with Crippen LogP contribution in [-0.4, -0.2) is 16.8 Å². The highest BCUT2D eigenvalue weighted by Crippen LogP contribution is 2.27. The third kappa shape index (κ3) is 5.97. The fourth-order valence-electron chi connectivity index (χ4n) is 3.71. The van der Waals surface area contributed by atoms with Gasteiger partial charge in [0.25, 0.3) is 5.88 Å². The zero-order valence-corrected chi connectivity index (χ0v) is 17.3. The van der Waals surface area contributed by atoms with E-state index in [1.807, 2.05) is 36.4 Å². The summed E-state index contributed by atoms with van der Waals surface area (Å²) in [6.07, 6.45) is 14.9. The van der Waals surface area contributed by atoms with Gasteiger partial charge in [-0.1, -0.05) is 73.7 Å². The van der Waals surface area contributed by atoms with E-state index in [4.69, 9.17) is 9.47 Å². The van der Waals surface area contributed by atoms with Crippen LogP contribution in [0.1, 0.15) is 56.2 Å². The number of allylic oxidation sites excluding steroid dienone is 2. The van der Waals surface area contributed by atoms with Crippen LogP contribution in [0.5, 0.6) is 11.6 Å². The van der Waals surface area contributed by atoms with E-state index >= 15 is 0 Å². The Bertz CT molecular complexity index is 948. The Kier molecular flexibility index (Phi) is 7.17. The topological polar surface area (TPSA) is 44.2 Å². The quantitative estimate of drug-likeness (QED) is 0.589. The van der Waals surface area contributed by atoms with Crippen molar-refractivity contribution >= 4 is 0 Å². The number of rotatable bonds is 6. The Labute approximate surface area is 179 Å². The molecule has 0 unspecified atom stereocenters. The van der Waals surface area contributed by atoms with Crippen molar-refractivity contribution in [1.29, 1.82) is 0 Å². The van der Waals surface area contributed by atoms with Crippen LogP contribution in [0.3, 0.4) is 0 Å². The van der Waals surface area contributed by atoms with E-state index in [0.717, 1.165) is 18.4 Å². The van der Waals surface area contributed by atoms with Gasteiger partial charge in [0.15, 0.2) is 5.75 Å². The highest BCUT2D eigenvalue weighted by Gasteiger charge is 2.13. The molecule has 1 aromatic carbocycles. The Morgan fingerprint density at radius 3 is 2.60 bits per heavy atom. The third-order valence-electron chi connectivity index (χ3n) is 5.42. The van der Waals surface area contributed by atoms with E-state index in [-0.39, 0.29) is 0 Å². The number of nitrogens with zero attached hydrogens (tertiary/aromatic N) is 2. The molecule has 0 spiro atoms. The van der Waals surface area contributed by atoms with Crippen LogP contribution in [0.4, 0.5) is 0 Å². The molecule has 2 aromatic rings. The van der Waals surface area contributed by atoms with Gasteiger partial charge in [0.2, 0.25) is 0 Å². The van der Waals surface area contributed by atoms with Crippen LogP contribution in [0.25, 0.3) is 0 Å². The Morgan fingerprint density at radius 2 is 1.80 bits per heavy atom. The summed E-state index contributed by atoms with van der Waals surface area (Å²) in [5.41, 5.74) is 2.88. The van der Waals surface area contributed by atoms with Crippen molar-refractivity contribution in [1.82, 2.24) is 10.2 Å². The minimum Gasteiger partial charge on any atom is -0.483 e. The second-order valence-electron chi connectivity index (χ2n) is 7.82. The fourth-order valence-corrected chi connectivity index (χ4v) is 3.71. The SMILES string of the molecule is C(#CC1CCCCC1)c1cc(OCC2=CCCC=C2)c(OCc2ccccc2)nn1. The van der Waals surface area contributed by atoms with Crippen molar-refractivity contribution in [2.45, 2.75) is 51.6 Å². The summed E-state index contributed by atoms with van der Waals surface area (Å²) in [5, 5.41) is 8.56. The van der Waals surface area contributed by atoms with Gasteiger partial charge in [-0.15, -0.1) is 10.2 Å². The van der Waals surface area contributed by atoms with Gasteiger partial charge in [0, 0.05) is 12.0 Å². The second-order valence-corrected chi connectivity index (χ2v) is 7.82. The molecular formula is C26H28N2O2. The lowest BCUT2D eigenvalue weighted by molar-refractivity contribution is 0.259. The normalized spacial score (nSPS) is 16.3. The molecule has 1 aromatic heterocycles. The zero-order chi connectivity index (χ0) is 20.4. The van der Waals surface area contributed by atoms with Crippen molar-refractivity contribution in [2.24, 2.45) is 5.92 Å². The van der Waals surface area contributed by atoms with Crippen LogP contribution < -0.4 is 9.47 Å². The summed E-state index contributed by atoms with van der Waals surface area (Å²) in [6.45, 7) is 0.904. The summed E-state index contributed by atoms with van der Waals surface area (Å²) in [7, 11) is 0. The number of benzene rings is 1. The maximum Gasteiger partial charge on any atom is 0.276 e. The Hall–Kier alpha value is -3.06. The van der Waals surface area contributed by atoms with Gasteiger partial charge in [-0.3, -0.25) is 0 Å². The lowest BCUT2D eigenvalue weighted by Gasteiger charge is -2.15. The minimum atomic E-state index is 0.405. The molecule has 4 nitrogen and oxygen atoms in total. The molecule has 0 aliphatic heterocycles. The first-order valence-electron chi connectivity index (χ1n) is 10.9. The molecule has 154 valence electrons. The van der Waals surface area contributed by atoms with Crippen LogP contribution in [-0.2, 0) is 6.61 Å². The van der Waals surface area contributed by atoms with Gasteiger partial charge in [-0.2, -0.15) is 0 Å². The lowest BCUT2D eigenvalue weighted by Crippen LogP contribution is -2.07. The van der Waals surface area contributed by atoms with Crippen molar-refractivity contribution < 1.29 is 9.47 Å². The van der Waals surface area contributed by atoms with Crippen molar-refractivity contribution in [2.75, 3.05) is 6.61 Å². The van der Waals surface area contributed by atoms with Crippen LogP contribution >= 0.6 is 0 Å². The number of hydrogen-bond donors (Lipinski definition) is 0. The Balaban J connectivity index is 1.49. The summed E-state index contributed by atoms with van der Waals surface area (Å²) in [6, 6.07) is 11.9. The molecule has 0 amide bonds. The highest BCUT2D eigenvalue weighted by atomic mass is 16.5. The molecule has 0 bridgehead atoms. The molecule has 0 atom stereocenters. The summed E-state index contributed by atoms with van der Waals surface area (Å²) in [5.74, 6) is 8.05. The first kappa shape index (κ1) is 20.2. The van der Waals surface area contributed by atoms with Crippen molar-refractivity contribution in [3.63, 3.8) is 0 Å². The van der Waals surface area contributed by atoms with Gasteiger partial charge in [-0.05, 0) is 42.7 Å². The van der Waals surface area contributed by atoms with Crippen LogP contribution in [0.2, 0.25) is 0 Å². The molecule has 4 heteroatoms. The van der Waals surface area contributed by atoms with Gasteiger partial charge < -0.3 is 9.47 Å². The van der Waals surface area contributed by atoms with Crippen molar-refractivity contribution in [3.05, 3.63) is 71.5 Å². The van der Waals surface area contributed by atoms with E-state index in [0.29, 0.717) is 36.5 Å². The maximum atomic E-state index is 6.08. The van der Waals surface area contributed by atoms with Gasteiger partial charge in [0.05, 0.1) is 0 Å². The minimum absolute atomic E-state index is 0.405. The van der Waals surface area contributed by atoms with Gasteiger partial charge in [0.1, 0.15) is 18.9 Å². The zero-order valence-electron chi connectivity index (χ0n) is 17.3. The molecule has 4 rings (SSSR count). The second kappa shape index (κ2) is 10.6. The summed E-state index contributed by atoms with van der Waals surface area (Å²) in [4.78, 5) is 0. The predicted octanol–water partition coefficient (Wildman–Crippen LogP) is 5.64. The van der Waals surface area contributed by atoms with Gasteiger partial charge in [-0.25, -0.2) is 0 Å². The van der Waals surface area contributed by atoms with E-state index in [1.54, 1.807) is 0 Å². The molecule has 0 saturated heterocycles. The lowest BCUT2D eigenvalue weighted by atomic mass is 9.90. The van der Waals surface area contributed by atoms with E-state index < -0.39 is 0 Å². The number of hydrogen-bond acceptors (Lipinski definition) is 4. The summed E-state index contributed by atoms with van der Waals surface area (Å²) >= 11 is 0. The maximum absolute atomic E-state index is 6.08. The standard InChI is InChI=1S/C26H28N2O2/c1-4-10-21(11-5-1)16-17-24-18-25(29-19-22-12-6-2-7-13-22)26(28-27-24)30-20-23-14-8-3-9-15-23/h3,6,8-9,12-15,18,21H,1-2,4-5,7,10-11,19-20H2. The average molecular weight is 401 g/mol. The first-order valence-corrected chi connectivity index (χ1v) is 10.9. The van der Waals surface area contributed by atoms with E-state index in [9.17, 15) is 0 Å². The molecule has 1 saturated carbocycles. The number of aromatic nitrogens is 2. The fraction of sp³-hybridized carbons (Fsp3) is 0.385. The molecule has 1 heterocycles. The average Bonchev–Trinajstić information content (AvgIpc) is 2.82. The smallest absolute Gasteiger partial charge is 0.276 e. The molecule has 1 fully saturated rings. The summed E-state index contributed by atoms with van der Waals surface area (Å²) < 4.78 is 12.0. The third-order valence-corrected chi connectivity index (χ3v) is 5.42. The largest absolute Gasteiger partial charge is 0.483 e. The van der Waals surface area contributed by atoms with Crippen LogP contribution in [0, 0.1) is 17.8 Å². The van der Waals surface area contributed by atoms with Gasteiger partial charge >= 0.3 is 0 Å². The molecule has 0 radical (unpaired) electrons. The molecule has 2 aliphatic rings. The monoisotopic (exact) mass is 400 g/mol. The van der Waals surface area contributed by atoms with Crippen LogP contribution in [0.15, 0.2) is 60.2 Å². The number of ether oxygens (including phenoxy) is 2. The Morgan fingerprint density at radius 1 is 0.933 bits per heavy atom. The molecule has 2 aliphatic carbocycles. The van der Waals surface area contributed by atoms with E-state index in [2.05, 4.69) is 40.3 Å². The first-order chi connectivity index (χ1) is 14.9.